The van der Waals surface area contributed by atoms with Crippen LogP contribution in [0.25, 0.3) is 21.3 Å². The molecule has 0 atom stereocenters. The molecule has 2 amide bonds. The van der Waals surface area contributed by atoms with Crippen LogP contribution in [0.2, 0.25) is 0 Å². The Morgan fingerprint density at radius 2 is 2.00 bits per heavy atom. The van der Waals surface area contributed by atoms with Gasteiger partial charge in [-0.15, -0.1) is 11.3 Å². The summed E-state index contributed by atoms with van der Waals surface area (Å²) in [4.78, 5) is 49.1. The van der Waals surface area contributed by atoms with Crippen LogP contribution in [-0.4, -0.2) is 40.3 Å². The fourth-order valence-electron chi connectivity index (χ4n) is 4.44. The zero-order valence-corrected chi connectivity index (χ0v) is 19.6. The summed E-state index contributed by atoms with van der Waals surface area (Å²) in [7, 11) is 1.53. The van der Waals surface area contributed by atoms with Crippen molar-refractivity contribution in [3.63, 3.8) is 0 Å². The van der Waals surface area contributed by atoms with Gasteiger partial charge in [0.1, 0.15) is 5.56 Å². The molecule has 0 unspecified atom stereocenters. The van der Waals surface area contributed by atoms with Crippen LogP contribution < -0.4 is 21.3 Å². The third kappa shape index (κ3) is 3.97. The van der Waals surface area contributed by atoms with Gasteiger partial charge in [-0.25, -0.2) is 10.2 Å². The number of primary amides is 1. The number of amides is 2. The number of nitrogens with two attached hydrogens (primary N) is 1. The monoisotopic (exact) mass is 494 g/mol. The van der Waals surface area contributed by atoms with E-state index in [4.69, 9.17) is 10.5 Å². The van der Waals surface area contributed by atoms with Crippen LogP contribution in [0.1, 0.15) is 52.5 Å². The lowest BCUT2D eigenvalue weighted by Crippen LogP contribution is -2.33. The Kier molecular flexibility index (Phi) is 5.64. The number of aromatic nitrogens is 1. The summed E-state index contributed by atoms with van der Waals surface area (Å²) < 4.78 is 7.66. The zero-order chi connectivity index (χ0) is 24.9. The van der Waals surface area contributed by atoms with Crippen LogP contribution >= 0.6 is 11.3 Å². The van der Waals surface area contributed by atoms with Crippen LogP contribution in [0.5, 0.6) is 5.75 Å². The number of methoxy groups -OCH3 is 1. The predicted octanol–water partition coefficient (Wildman–Crippen LogP) is 2.41. The van der Waals surface area contributed by atoms with E-state index in [2.05, 4.69) is 10.5 Å². The quantitative estimate of drug-likeness (QED) is 0.366. The number of thiophene rings is 1. The number of pyridine rings is 1. The predicted molar refractivity (Wildman–Crippen MR) is 130 cm³/mol. The van der Waals surface area contributed by atoms with Crippen LogP contribution in [0, 0.1) is 0 Å². The second kappa shape index (κ2) is 8.66. The van der Waals surface area contributed by atoms with E-state index in [1.165, 1.54) is 13.3 Å². The van der Waals surface area contributed by atoms with E-state index in [-0.39, 0.29) is 11.6 Å². The first kappa shape index (κ1) is 22.8. The normalized spacial score (nSPS) is 16.2. The third-order valence-corrected chi connectivity index (χ3v) is 7.47. The number of aryl methyl sites for hydroxylation is 1. The molecule has 2 aromatic heterocycles. The van der Waals surface area contributed by atoms with E-state index in [1.807, 2.05) is 10.6 Å². The second-order valence-corrected chi connectivity index (χ2v) is 9.66. The topological polar surface area (TPSA) is 153 Å². The van der Waals surface area contributed by atoms with Gasteiger partial charge in [-0.2, -0.15) is 5.10 Å². The maximum Gasteiger partial charge on any atom is 0.341 e. The molecule has 2 aliphatic rings. The molecule has 5 rings (SSSR count). The molecule has 1 fully saturated rings. The molecule has 0 spiro atoms. The van der Waals surface area contributed by atoms with Crippen molar-refractivity contribution < 1.29 is 24.2 Å². The van der Waals surface area contributed by atoms with Crippen molar-refractivity contribution in [2.75, 3.05) is 7.11 Å². The van der Waals surface area contributed by atoms with Crippen molar-refractivity contribution in [1.29, 1.82) is 0 Å². The number of rotatable bonds is 5. The van der Waals surface area contributed by atoms with Crippen LogP contribution in [0.3, 0.4) is 0 Å². The summed E-state index contributed by atoms with van der Waals surface area (Å²) in [6.07, 6.45) is 5.53. The lowest BCUT2D eigenvalue weighted by atomic mass is 9.96. The summed E-state index contributed by atoms with van der Waals surface area (Å²) >= 11 is 1.57. The van der Waals surface area contributed by atoms with Gasteiger partial charge >= 0.3 is 17.8 Å². The van der Waals surface area contributed by atoms with Crippen molar-refractivity contribution in [3.05, 3.63) is 50.6 Å². The van der Waals surface area contributed by atoms with E-state index in [1.54, 1.807) is 23.5 Å². The van der Waals surface area contributed by atoms with Gasteiger partial charge in [-0.05, 0) is 50.3 Å². The number of carbonyl (C=O) groups excluding carboxylic acids is 2. The molecule has 180 valence electrons. The first-order chi connectivity index (χ1) is 16.8. The number of fused-ring (bicyclic) bond motifs is 2. The molecule has 35 heavy (non-hydrogen) atoms. The minimum atomic E-state index is -1.25. The fourth-order valence-corrected chi connectivity index (χ4v) is 5.69. The number of benzene rings is 1. The standard InChI is InChI=1S/C24H22N4O6S/c1-34-21-12(7-8-13-19(21)28(11-5-6-11)10-15(20(13)29)24(32)33)18-9-14-16(3-2-4-17(14)35-18)26-27-23(31)22(25)30/h7-11H,2-6H2,1H3,(H2,25,30)(H,27,31)(H,32,33). The lowest BCUT2D eigenvalue weighted by molar-refractivity contribution is -0.137. The molecule has 0 radical (unpaired) electrons. The van der Waals surface area contributed by atoms with Crippen LogP contribution in [0.4, 0.5) is 0 Å². The Labute approximate surface area is 203 Å². The number of carbonyl (C=O) groups is 3. The van der Waals surface area contributed by atoms with Gasteiger partial charge in [0.2, 0.25) is 5.43 Å². The molecule has 4 N–H and O–H groups in total. The number of ether oxygens (including phenoxy) is 1. The van der Waals surface area contributed by atoms with E-state index in [9.17, 15) is 24.3 Å². The first-order valence-electron chi connectivity index (χ1n) is 11.1. The van der Waals surface area contributed by atoms with Gasteiger partial charge in [-0.3, -0.25) is 14.4 Å². The van der Waals surface area contributed by atoms with E-state index in [0.29, 0.717) is 28.8 Å². The molecule has 2 heterocycles. The summed E-state index contributed by atoms with van der Waals surface area (Å²) in [5.74, 6) is -2.84. The summed E-state index contributed by atoms with van der Waals surface area (Å²) in [6, 6.07) is 5.50. The maximum atomic E-state index is 12.9. The highest BCUT2D eigenvalue weighted by Crippen LogP contribution is 2.45. The Morgan fingerprint density at radius 1 is 1.23 bits per heavy atom. The van der Waals surface area contributed by atoms with Crippen LogP contribution in [-0.2, 0) is 16.0 Å². The number of nitrogens with zero attached hydrogens (tertiary/aromatic N) is 2. The van der Waals surface area contributed by atoms with Crippen molar-refractivity contribution in [1.82, 2.24) is 9.99 Å². The van der Waals surface area contributed by atoms with Crippen molar-refractivity contribution in [2.45, 2.75) is 38.1 Å². The SMILES string of the molecule is COc1c(-c2cc3c(s2)CCCC3=NNC(=O)C(N)=O)ccc2c(=O)c(C(=O)O)cn(C3CC3)c12. The van der Waals surface area contributed by atoms with Gasteiger partial charge in [0, 0.05) is 33.1 Å². The Hall–Kier alpha value is -3.99. The molecule has 10 nitrogen and oxygen atoms in total. The van der Waals surface area contributed by atoms with Crippen molar-refractivity contribution >= 4 is 45.7 Å². The number of hydrogen-bond acceptors (Lipinski definition) is 7. The maximum absolute atomic E-state index is 12.9. The molecule has 1 saturated carbocycles. The highest BCUT2D eigenvalue weighted by atomic mass is 32.1. The van der Waals surface area contributed by atoms with Crippen molar-refractivity contribution in [2.24, 2.45) is 10.8 Å². The minimum Gasteiger partial charge on any atom is -0.494 e. The summed E-state index contributed by atoms with van der Waals surface area (Å²) in [5, 5.41) is 14.0. The highest BCUT2D eigenvalue weighted by Gasteiger charge is 2.30. The number of aromatic carboxylic acids is 1. The van der Waals surface area contributed by atoms with Gasteiger partial charge in [0.25, 0.3) is 0 Å². The van der Waals surface area contributed by atoms with E-state index >= 15 is 0 Å². The summed E-state index contributed by atoms with van der Waals surface area (Å²) in [5.41, 5.74) is 9.28. The largest absolute Gasteiger partial charge is 0.494 e. The first-order valence-corrected chi connectivity index (χ1v) is 11.9. The number of nitrogens with one attached hydrogen (secondary N) is 1. The molecule has 0 bridgehead atoms. The Bertz CT molecular complexity index is 1500. The highest BCUT2D eigenvalue weighted by molar-refractivity contribution is 7.16. The lowest BCUT2D eigenvalue weighted by Gasteiger charge is -2.17. The number of hydrogen-bond donors (Lipinski definition) is 3. The van der Waals surface area contributed by atoms with Crippen molar-refractivity contribution in [3.8, 4) is 16.2 Å². The molecular weight excluding hydrogens is 472 g/mol. The molecule has 0 saturated heterocycles. The molecular formula is C24H22N4O6S. The third-order valence-electron chi connectivity index (χ3n) is 6.24. The zero-order valence-electron chi connectivity index (χ0n) is 18.8. The summed E-state index contributed by atoms with van der Waals surface area (Å²) in [6.45, 7) is 0. The van der Waals surface area contributed by atoms with Gasteiger partial charge in [0.05, 0.1) is 23.7 Å². The Balaban J connectivity index is 1.66. The molecule has 11 heteroatoms. The number of hydrazone groups is 1. The number of carboxylic acids is 1. The van der Waals surface area contributed by atoms with Gasteiger partial charge < -0.3 is 20.1 Å². The molecule has 3 aromatic rings. The smallest absolute Gasteiger partial charge is 0.341 e. The van der Waals surface area contributed by atoms with E-state index < -0.39 is 23.2 Å². The fraction of sp³-hybridized carbons (Fsp3) is 0.292. The average Bonchev–Trinajstić information content (AvgIpc) is 3.59. The van der Waals surface area contributed by atoms with Gasteiger partial charge in [-0.1, -0.05) is 0 Å². The van der Waals surface area contributed by atoms with E-state index in [0.717, 1.165) is 46.6 Å². The number of carboxylic acid groups (broad SMARTS) is 1. The minimum absolute atomic E-state index is 0.115. The molecule has 1 aromatic carbocycles. The second-order valence-electron chi connectivity index (χ2n) is 8.52. The molecule has 0 aliphatic heterocycles. The molecule has 2 aliphatic carbocycles. The Morgan fingerprint density at radius 3 is 2.66 bits per heavy atom. The average molecular weight is 495 g/mol. The van der Waals surface area contributed by atoms with Gasteiger partial charge in [0.15, 0.2) is 5.75 Å². The van der Waals surface area contributed by atoms with Crippen LogP contribution in [0.15, 0.2) is 34.3 Å².